The molecular formula is C16H17N3O2S. The second-order valence-electron chi connectivity index (χ2n) is 5.99. The Hall–Kier alpha value is -1.92. The number of aromatic nitrogens is 1. The number of benzene rings is 1. The molecule has 0 saturated carbocycles. The second-order valence-corrected chi connectivity index (χ2v) is 6.43. The second kappa shape index (κ2) is 5.07. The first-order valence-corrected chi connectivity index (χ1v) is 7.92. The molecule has 2 aromatic rings. The van der Waals surface area contributed by atoms with Gasteiger partial charge in [-0.25, -0.2) is 0 Å². The van der Waals surface area contributed by atoms with Gasteiger partial charge in [-0.15, -0.1) is 0 Å². The molecule has 4 N–H and O–H groups in total. The van der Waals surface area contributed by atoms with E-state index in [1.54, 1.807) is 0 Å². The number of carbonyl (C=O) groups is 1. The number of thiocarbonyl (C=S) groups is 1. The van der Waals surface area contributed by atoms with Gasteiger partial charge in [0.15, 0.2) is 0 Å². The molecule has 22 heavy (non-hydrogen) atoms. The molecule has 0 bridgehead atoms. The maximum absolute atomic E-state index is 11.5. The summed E-state index contributed by atoms with van der Waals surface area (Å²) in [6.45, 7) is 0.856. The lowest BCUT2D eigenvalue weighted by atomic mass is 9.86. The van der Waals surface area contributed by atoms with Crippen LogP contribution in [0.25, 0.3) is 10.9 Å². The highest BCUT2D eigenvalue weighted by Gasteiger charge is 2.39. The average Bonchev–Trinajstić information content (AvgIpc) is 3.09. The standard InChI is InChI=1S/C16H17N3O2S/c20-16(21)12-7-10-8-3-1-2-4-11(8)18-14(10)13(19-12)9-5-6-17-15(9)22/h1-4,9,12-13,18-19H,5-7H2,(H,17,22)(H,20,21)/t9-,12+,13-/m0/s1. The molecule has 3 atom stereocenters. The summed E-state index contributed by atoms with van der Waals surface area (Å²) in [5.74, 6) is -0.665. The predicted octanol–water partition coefficient (Wildman–Crippen LogP) is 1.74. The summed E-state index contributed by atoms with van der Waals surface area (Å²) in [5.41, 5.74) is 3.26. The van der Waals surface area contributed by atoms with Gasteiger partial charge in [0.25, 0.3) is 0 Å². The smallest absolute Gasteiger partial charge is 0.321 e. The van der Waals surface area contributed by atoms with Gasteiger partial charge in [-0.3, -0.25) is 10.1 Å². The Morgan fingerprint density at radius 1 is 1.32 bits per heavy atom. The van der Waals surface area contributed by atoms with Gasteiger partial charge >= 0.3 is 5.97 Å². The van der Waals surface area contributed by atoms with Crippen LogP contribution in [-0.2, 0) is 11.2 Å². The minimum Gasteiger partial charge on any atom is -0.480 e. The van der Waals surface area contributed by atoms with E-state index in [1.807, 2.05) is 18.2 Å². The summed E-state index contributed by atoms with van der Waals surface area (Å²) in [7, 11) is 0. The molecular weight excluding hydrogens is 298 g/mol. The third kappa shape index (κ3) is 2.02. The number of rotatable bonds is 2. The molecule has 1 saturated heterocycles. The number of H-pyrrole nitrogens is 1. The lowest BCUT2D eigenvalue weighted by Crippen LogP contribution is -2.47. The van der Waals surface area contributed by atoms with E-state index in [0.717, 1.165) is 40.1 Å². The highest BCUT2D eigenvalue weighted by Crippen LogP contribution is 2.37. The number of carboxylic acid groups (broad SMARTS) is 1. The van der Waals surface area contributed by atoms with E-state index >= 15 is 0 Å². The molecule has 6 heteroatoms. The van der Waals surface area contributed by atoms with Crippen molar-refractivity contribution in [2.24, 2.45) is 5.92 Å². The largest absolute Gasteiger partial charge is 0.480 e. The Kier molecular flexibility index (Phi) is 3.16. The van der Waals surface area contributed by atoms with E-state index in [0.29, 0.717) is 6.42 Å². The SMILES string of the molecule is O=C(O)[C@H]1Cc2c([nH]c3ccccc23)[C@H]([C@@H]2CCNC2=S)N1. The highest BCUT2D eigenvalue weighted by molar-refractivity contribution is 7.80. The third-order valence-corrected chi connectivity index (χ3v) is 5.19. The number of hydrogen-bond donors (Lipinski definition) is 4. The van der Waals surface area contributed by atoms with Crippen molar-refractivity contribution in [3.05, 3.63) is 35.5 Å². The molecule has 3 heterocycles. The van der Waals surface area contributed by atoms with Crippen LogP contribution in [0.5, 0.6) is 0 Å². The lowest BCUT2D eigenvalue weighted by Gasteiger charge is -2.32. The van der Waals surface area contributed by atoms with E-state index in [9.17, 15) is 9.90 Å². The summed E-state index contributed by atoms with van der Waals surface area (Å²) in [4.78, 5) is 15.9. The molecule has 0 amide bonds. The molecule has 2 aliphatic rings. The van der Waals surface area contributed by atoms with Crippen LogP contribution in [0.4, 0.5) is 0 Å². The maximum atomic E-state index is 11.5. The Bertz CT molecular complexity index is 770. The summed E-state index contributed by atoms with van der Waals surface area (Å²) >= 11 is 5.42. The zero-order valence-electron chi connectivity index (χ0n) is 11.9. The van der Waals surface area contributed by atoms with Gasteiger partial charge in [-0.05, 0) is 18.1 Å². The maximum Gasteiger partial charge on any atom is 0.321 e. The van der Waals surface area contributed by atoms with Gasteiger partial charge in [-0.1, -0.05) is 30.4 Å². The fourth-order valence-corrected chi connectivity index (χ4v) is 4.03. The Labute approximate surface area is 133 Å². The first-order valence-electron chi connectivity index (χ1n) is 7.51. The van der Waals surface area contributed by atoms with Gasteiger partial charge in [0, 0.05) is 35.5 Å². The van der Waals surface area contributed by atoms with Crippen LogP contribution < -0.4 is 10.6 Å². The van der Waals surface area contributed by atoms with E-state index in [-0.39, 0.29) is 12.0 Å². The predicted molar refractivity (Wildman–Crippen MR) is 88.0 cm³/mol. The first-order chi connectivity index (χ1) is 10.6. The number of carboxylic acids is 1. The van der Waals surface area contributed by atoms with Crippen LogP contribution >= 0.6 is 12.2 Å². The zero-order valence-corrected chi connectivity index (χ0v) is 12.7. The van der Waals surface area contributed by atoms with Crippen LogP contribution in [-0.4, -0.2) is 33.6 Å². The van der Waals surface area contributed by atoms with Crippen molar-refractivity contribution in [2.75, 3.05) is 6.54 Å². The summed E-state index contributed by atoms with van der Waals surface area (Å²) in [5, 5.41) is 17.1. The number of hydrogen-bond acceptors (Lipinski definition) is 3. The van der Waals surface area contributed by atoms with Crippen LogP contribution in [0, 0.1) is 5.92 Å². The van der Waals surface area contributed by atoms with Crippen molar-refractivity contribution in [3.8, 4) is 0 Å². The van der Waals surface area contributed by atoms with Crippen molar-refractivity contribution in [2.45, 2.75) is 24.9 Å². The van der Waals surface area contributed by atoms with Crippen molar-refractivity contribution in [1.82, 2.24) is 15.6 Å². The molecule has 114 valence electrons. The summed E-state index contributed by atoms with van der Waals surface area (Å²) in [6.07, 6.45) is 1.43. The zero-order chi connectivity index (χ0) is 15.3. The number of nitrogens with one attached hydrogen (secondary N) is 3. The first kappa shape index (κ1) is 13.7. The highest BCUT2D eigenvalue weighted by atomic mass is 32.1. The molecule has 0 unspecified atom stereocenters. The number of aliphatic carboxylic acids is 1. The Morgan fingerprint density at radius 3 is 2.86 bits per heavy atom. The van der Waals surface area contributed by atoms with Crippen LogP contribution in [0.15, 0.2) is 24.3 Å². The Balaban J connectivity index is 1.85. The van der Waals surface area contributed by atoms with Crippen LogP contribution in [0.2, 0.25) is 0 Å². The van der Waals surface area contributed by atoms with E-state index in [1.165, 1.54) is 0 Å². The fraction of sp³-hybridized carbons (Fsp3) is 0.375. The fourth-order valence-electron chi connectivity index (χ4n) is 3.68. The van der Waals surface area contributed by atoms with Crippen molar-refractivity contribution in [1.29, 1.82) is 0 Å². The van der Waals surface area contributed by atoms with Gasteiger partial charge < -0.3 is 15.4 Å². The number of aromatic amines is 1. The van der Waals surface area contributed by atoms with E-state index in [2.05, 4.69) is 21.7 Å². The minimum atomic E-state index is -0.808. The minimum absolute atomic E-state index is 0.0697. The number of fused-ring (bicyclic) bond motifs is 3. The topological polar surface area (TPSA) is 77.1 Å². The van der Waals surface area contributed by atoms with Crippen LogP contribution in [0.3, 0.4) is 0 Å². The molecule has 0 spiro atoms. The van der Waals surface area contributed by atoms with Crippen LogP contribution in [0.1, 0.15) is 23.7 Å². The lowest BCUT2D eigenvalue weighted by molar-refractivity contribution is -0.140. The molecule has 2 aliphatic heterocycles. The van der Waals surface area contributed by atoms with E-state index < -0.39 is 12.0 Å². The van der Waals surface area contributed by atoms with Crippen molar-refractivity contribution >= 4 is 34.1 Å². The monoisotopic (exact) mass is 315 g/mol. The van der Waals surface area contributed by atoms with E-state index in [4.69, 9.17) is 12.2 Å². The molecule has 1 aromatic carbocycles. The Morgan fingerprint density at radius 2 is 2.14 bits per heavy atom. The van der Waals surface area contributed by atoms with Gasteiger partial charge in [0.1, 0.15) is 6.04 Å². The van der Waals surface area contributed by atoms with Crippen molar-refractivity contribution < 1.29 is 9.90 Å². The normalized spacial score (nSPS) is 27.6. The molecule has 0 aliphatic carbocycles. The summed E-state index contributed by atoms with van der Waals surface area (Å²) in [6, 6.07) is 7.43. The molecule has 1 aromatic heterocycles. The van der Waals surface area contributed by atoms with Crippen molar-refractivity contribution in [3.63, 3.8) is 0 Å². The molecule has 5 nitrogen and oxygen atoms in total. The average molecular weight is 315 g/mol. The summed E-state index contributed by atoms with van der Waals surface area (Å²) < 4.78 is 0. The van der Waals surface area contributed by atoms with Gasteiger partial charge in [0.05, 0.1) is 11.0 Å². The number of para-hydroxylation sites is 1. The molecule has 4 rings (SSSR count). The van der Waals surface area contributed by atoms with Gasteiger partial charge in [-0.2, -0.15) is 0 Å². The van der Waals surface area contributed by atoms with Gasteiger partial charge in [0.2, 0.25) is 0 Å². The third-order valence-electron chi connectivity index (χ3n) is 4.74. The molecule has 1 fully saturated rings. The molecule has 0 radical (unpaired) electrons. The quantitative estimate of drug-likeness (QED) is 0.635.